The maximum atomic E-state index is 10.2. The third-order valence-electron chi connectivity index (χ3n) is 3.57. The van der Waals surface area contributed by atoms with E-state index in [1.807, 2.05) is 13.8 Å². The number of benzene rings is 1. The molecule has 0 aliphatic carbocycles. The molecule has 2 aromatic rings. The Bertz CT molecular complexity index is 729. The van der Waals surface area contributed by atoms with E-state index >= 15 is 0 Å². The summed E-state index contributed by atoms with van der Waals surface area (Å²) in [7, 11) is 1.56. The minimum Gasteiger partial charge on any atom is -0.497 e. The van der Waals surface area contributed by atoms with Crippen molar-refractivity contribution < 1.29 is 19.3 Å². The van der Waals surface area contributed by atoms with E-state index < -0.39 is 11.6 Å². The van der Waals surface area contributed by atoms with Gasteiger partial charge in [0.25, 0.3) is 0 Å². The molecule has 2 N–H and O–H groups in total. The monoisotopic (exact) mass is 415 g/mol. The Morgan fingerprint density at radius 2 is 1.93 bits per heavy atom. The minimum absolute atomic E-state index is 0.0828. The van der Waals surface area contributed by atoms with Gasteiger partial charge < -0.3 is 24.6 Å². The number of rotatable bonds is 10. The lowest BCUT2D eigenvalue weighted by molar-refractivity contribution is 0.0922. The molecule has 1 unspecified atom stereocenters. The normalized spacial score (nSPS) is 12.5. The Hall–Kier alpha value is -1.80. The van der Waals surface area contributed by atoms with Crippen molar-refractivity contribution in [2.75, 3.05) is 26.9 Å². The molecule has 0 saturated carbocycles. The summed E-state index contributed by atoms with van der Waals surface area (Å²) in [6.45, 7) is 4.62. The molecule has 148 valence electrons. The van der Waals surface area contributed by atoms with Crippen molar-refractivity contribution in [1.29, 1.82) is 0 Å². The van der Waals surface area contributed by atoms with Crippen LogP contribution in [-0.4, -0.2) is 53.8 Å². The first-order valence-corrected chi connectivity index (χ1v) is 9.06. The summed E-state index contributed by atoms with van der Waals surface area (Å²) in [5.74, 6) is 1.47. The summed E-state index contributed by atoms with van der Waals surface area (Å²) in [4.78, 5) is 0. The highest BCUT2D eigenvalue weighted by Crippen LogP contribution is 2.28. The molecule has 0 aliphatic rings. The van der Waals surface area contributed by atoms with Gasteiger partial charge in [0.1, 0.15) is 30.8 Å². The molecule has 0 bridgehead atoms. The van der Waals surface area contributed by atoms with Crippen molar-refractivity contribution in [3.8, 4) is 17.4 Å². The Balaban J connectivity index is 1.76. The van der Waals surface area contributed by atoms with E-state index in [1.54, 1.807) is 37.4 Å². The summed E-state index contributed by atoms with van der Waals surface area (Å²) in [5, 5.41) is 21.7. The zero-order chi connectivity index (χ0) is 19.9. The summed E-state index contributed by atoms with van der Waals surface area (Å²) in [5.41, 5.74) is -0.407. The van der Waals surface area contributed by atoms with Crippen LogP contribution in [0.5, 0.6) is 17.4 Å². The number of β-amino-alcohol motifs (C(OH)–C–C–N with tert-alkyl or cyclic N) is 1. The summed E-state index contributed by atoms with van der Waals surface area (Å²) < 4.78 is 16.3. The molecule has 9 heteroatoms. The first kappa shape index (κ1) is 21.5. The van der Waals surface area contributed by atoms with E-state index in [0.29, 0.717) is 40.7 Å². The number of hydrogen-bond acceptors (Lipinski definition) is 7. The molecule has 1 aromatic carbocycles. The van der Waals surface area contributed by atoms with E-state index in [0.717, 1.165) is 0 Å². The number of aliphatic hydroxyl groups is 1. The molecule has 27 heavy (non-hydrogen) atoms. The lowest BCUT2D eigenvalue weighted by Gasteiger charge is -2.27. The van der Waals surface area contributed by atoms with Gasteiger partial charge in [0, 0.05) is 24.2 Å². The lowest BCUT2D eigenvalue weighted by atomic mass is 10.1. The highest BCUT2D eigenvalue weighted by atomic mass is 35.5. The Kier molecular flexibility index (Phi) is 7.91. The van der Waals surface area contributed by atoms with Gasteiger partial charge in [-0.15, -0.1) is 10.2 Å². The predicted molar refractivity (Wildman–Crippen MR) is 104 cm³/mol. The van der Waals surface area contributed by atoms with E-state index in [-0.39, 0.29) is 6.61 Å². The second-order valence-corrected chi connectivity index (χ2v) is 7.30. The molecule has 1 heterocycles. The number of hydrogen-bond donors (Lipinski definition) is 2. The smallest absolute Gasteiger partial charge is 0.233 e. The SMILES string of the molecule is COc1ccc(Cl)c(OCC(O)CNC(C)(C)COc2ccc(Cl)nn2)c1. The average molecular weight is 416 g/mol. The van der Waals surface area contributed by atoms with Crippen LogP contribution in [0.2, 0.25) is 10.2 Å². The van der Waals surface area contributed by atoms with Gasteiger partial charge in [0.2, 0.25) is 5.88 Å². The molecule has 1 atom stereocenters. The fourth-order valence-electron chi connectivity index (χ4n) is 2.05. The zero-order valence-corrected chi connectivity index (χ0v) is 16.9. The van der Waals surface area contributed by atoms with Gasteiger partial charge >= 0.3 is 0 Å². The second kappa shape index (κ2) is 9.94. The van der Waals surface area contributed by atoms with Crippen molar-refractivity contribution in [2.45, 2.75) is 25.5 Å². The van der Waals surface area contributed by atoms with Crippen LogP contribution in [0.4, 0.5) is 0 Å². The highest BCUT2D eigenvalue weighted by Gasteiger charge is 2.20. The van der Waals surface area contributed by atoms with Gasteiger partial charge in [0.15, 0.2) is 5.15 Å². The minimum atomic E-state index is -0.734. The van der Waals surface area contributed by atoms with Crippen molar-refractivity contribution in [3.63, 3.8) is 0 Å². The van der Waals surface area contributed by atoms with E-state index in [4.69, 9.17) is 37.4 Å². The lowest BCUT2D eigenvalue weighted by Crippen LogP contribution is -2.48. The standard InChI is InChI=1S/C18H23Cl2N3O4/c1-18(2,11-27-17-7-6-16(20)22-23-17)21-9-12(24)10-26-15-8-13(25-3)4-5-14(15)19/h4-8,12,21,24H,9-11H2,1-3H3. The van der Waals surface area contributed by atoms with Crippen molar-refractivity contribution >= 4 is 23.2 Å². The van der Waals surface area contributed by atoms with Crippen LogP contribution < -0.4 is 19.5 Å². The first-order chi connectivity index (χ1) is 12.8. The third kappa shape index (κ3) is 7.38. The molecule has 2 rings (SSSR count). The molecule has 0 fully saturated rings. The molecule has 0 radical (unpaired) electrons. The number of ether oxygens (including phenoxy) is 3. The highest BCUT2D eigenvalue weighted by molar-refractivity contribution is 6.32. The molecule has 0 saturated heterocycles. The maximum absolute atomic E-state index is 10.2. The maximum Gasteiger partial charge on any atom is 0.233 e. The zero-order valence-electron chi connectivity index (χ0n) is 15.4. The van der Waals surface area contributed by atoms with Crippen molar-refractivity contribution in [1.82, 2.24) is 15.5 Å². The first-order valence-electron chi connectivity index (χ1n) is 8.30. The number of nitrogens with one attached hydrogen (secondary N) is 1. The van der Waals surface area contributed by atoms with Gasteiger partial charge in [-0.2, -0.15) is 0 Å². The van der Waals surface area contributed by atoms with Crippen LogP contribution in [0.15, 0.2) is 30.3 Å². The van der Waals surface area contributed by atoms with Gasteiger partial charge in [-0.25, -0.2) is 0 Å². The van der Waals surface area contributed by atoms with Gasteiger partial charge in [0.05, 0.1) is 12.1 Å². The quantitative estimate of drug-likeness (QED) is 0.616. The number of methoxy groups -OCH3 is 1. The van der Waals surface area contributed by atoms with Crippen molar-refractivity contribution in [3.05, 3.63) is 40.5 Å². The molecular formula is C18H23Cl2N3O4. The molecular weight excluding hydrogens is 393 g/mol. The van der Waals surface area contributed by atoms with E-state index in [9.17, 15) is 5.11 Å². The van der Waals surface area contributed by atoms with Gasteiger partial charge in [-0.05, 0) is 32.0 Å². The Morgan fingerprint density at radius 1 is 1.15 bits per heavy atom. The van der Waals surface area contributed by atoms with Crippen LogP contribution in [0.3, 0.4) is 0 Å². The number of nitrogens with zero attached hydrogens (tertiary/aromatic N) is 2. The van der Waals surface area contributed by atoms with Crippen LogP contribution in [-0.2, 0) is 0 Å². The molecule has 0 spiro atoms. The molecule has 7 nitrogen and oxygen atoms in total. The Labute approximate surface area is 168 Å². The summed E-state index contributed by atoms with van der Waals surface area (Å²) in [6.07, 6.45) is -0.734. The van der Waals surface area contributed by atoms with Crippen LogP contribution >= 0.6 is 23.2 Å². The number of aliphatic hydroxyl groups excluding tert-OH is 1. The average Bonchev–Trinajstić information content (AvgIpc) is 2.65. The van der Waals surface area contributed by atoms with Gasteiger partial charge in [-0.1, -0.05) is 23.2 Å². The third-order valence-corrected chi connectivity index (χ3v) is 4.09. The van der Waals surface area contributed by atoms with Crippen LogP contribution in [0.1, 0.15) is 13.8 Å². The fourth-order valence-corrected chi connectivity index (χ4v) is 2.32. The second-order valence-electron chi connectivity index (χ2n) is 6.51. The molecule has 0 amide bonds. The summed E-state index contributed by atoms with van der Waals surface area (Å²) in [6, 6.07) is 8.34. The predicted octanol–water partition coefficient (Wildman–Crippen LogP) is 2.98. The van der Waals surface area contributed by atoms with Crippen molar-refractivity contribution in [2.24, 2.45) is 0 Å². The topological polar surface area (TPSA) is 85.7 Å². The fraction of sp³-hybridized carbons (Fsp3) is 0.444. The largest absolute Gasteiger partial charge is 0.497 e. The number of halogens is 2. The van der Waals surface area contributed by atoms with Crippen LogP contribution in [0, 0.1) is 0 Å². The number of aromatic nitrogens is 2. The Morgan fingerprint density at radius 3 is 2.59 bits per heavy atom. The van der Waals surface area contributed by atoms with E-state index in [1.165, 1.54) is 0 Å². The van der Waals surface area contributed by atoms with E-state index in [2.05, 4.69) is 15.5 Å². The molecule has 1 aromatic heterocycles. The summed E-state index contributed by atoms with van der Waals surface area (Å²) >= 11 is 11.8. The van der Waals surface area contributed by atoms with Gasteiger partial charge in [-0.3, -0.25) is 0 Å². The molecule has 0 aliphatic heterocycles. The van der Waals surface area contributed by atoms with Crippen LogP contribution in [0.25, 0.3) is 0 Å².